The Labute approximate surface area is 196 Å². The summed E-state index contributed by atoms with van der Waals surface area (Å²) in [6.45, 7) is 1.15. The van der Waals surface area contributed by atoms with E-state index in [2.05, 4.69) is 29.6 Å². The molecule has 3 aliphatic carbocycles. The molecule has 168 valence electrons. The zero-order valence-corrected chi connectivity index (χ0v) is 18.5. The zero-order valence-electron chi connectivity index (χ0n) is 18.5. The predicted molar refractivity (Wildman–Crippen MR) is 125 cm³/mol. The Morgan fingerprint density at radius 1 is 0.735 bits per heavy atom. The molecule has 1 N–H and O–H groups in total. The number of likely N-dealkylation sites (tertiary alicyclic amines) is 1. The number of hydrogen-bond acceptors (Lipinski definition) is 4. The van der Waals surface area contributed by atoms with Crippen molar-refractivity contribution < 1.29 is 19.2 Å². The van der Waals surface area contributed by atoms with Gasteiger partial charge in [0.05, 0.1) is 11.8 Å². The second-order valence-electron chi connectivity index (χ2n) is 9.21. The first-order chi connectivity index (χ1) is 16.5. The van der Waals surface area contributed by atoms with Crippen molar-refractivity contribution in [1.29, 1.82) is 0 Å². The number of carbonyl (C=O) groups excluding carboxylic acids is 4. The highest BCUT2D eigenvalue weighted by Gasteiger charge is 2.61. The second kappa shape index (κ2) is 7.48. The van der Waals surface area contributed by atoms with Gasteiger partial charge in [0.1, 0.15) is 6.54 Å². The minimum Gasteiger partial charge on any atom is -0.325 e. The largest absolute Gasteiger partial charge is 0.325 e. The van der Waals surface area contributed by atoms with Gasteiger partial charge in [0.25, 0.3) is 0 Å². The van der Waals surface area contributed by atoms with Gasteiger partial charge in [-0.2, -0.15) is 0 Å². The molecule has 1 saturated heterocycles. The van der Waals surface area contributed by atoms with E-state index in [1.807, 2.05) is 24.3 Å². The molecule has 0 radical (unpaired) electrons. The van der Waals surface area contributed by atoms with Crippen molar-refractivity contribution in [2.24, 2.45) is 11.8 Å². The summed E-state index contributed by atoms with van der Waals surface area (Å²) in [4.78, 5) is 52.5. The summed E-state index contributed by atoms with van der Waals surface area (Å²) >= 11 is 0. The monoisotopic (exact) mass is 450 g/mol. The number of anilines is 1. The van der Waals surface area contributed by atoms with Crippen molar-refractivity contribution in [2.45, 2.75) is 18.8 Å². The molecular formula is C28H22N2O4. The summed E-state index contributed by atoms with van der Waals surface area (Å²) in [5.41, 5.74) is 5.46. The third-order valence-corrected chi connectivity index (χ3v) is 7.42. The molecule has 3 aromatic rings. The minimum absolute atomic E-state index is 0.0645. The van der Waals surface area contributed by atoms with Gasteiger partial charge in [0.2, 0.25) is 17.7 Å². The van der Waals surface area contributed by atoms with Gasteiger partial charge in [-0.15, -0.1) is 0 Å². The van der Waals surface area contributed by atoms with E-state index in [1.54, 1.807) is 24.3 Å². The molecule has 2 atom stereocenters. The lowest BCUT2D eigenvalue weighted by Gasteiger charge is -2.45. The van der Waals surface area contributed by atoms with Crippen LogP contribution >= 0.6 is 0 Å². The third kappa shape index (κ3) is 2.88. The minimum atomic E-state index is -0.495. The molecule has 6 nitrogen and oxygen atoms in total. The lowest BCUT2D eigenvalue weighted by Crippen LogP contribution is -2.41. The van der Waals surface area contributed by atoms with Crippen molar-refractivity contribution in [3.8, 4) is 0 Å². The summed E-state index contributed by atoms with van der Waals surface area (Å²) < 4.78 is 0. The molecule has 3 aromatic carbocycles. The Morgan fingerprint density at radius 2 is 1.18 bits per heavy atom. The van der Waals surface area contributed by atoms with Crippen LogP contribution in [0.5, 0.6) is 0 Å². The summed E-state index contributed by atoms with van der Waals surface area (Å²) in [6, 6.07) is 22.6. The fourth-order valence-corrected chi connectivity index (χ4v) is 6.03. The Morgan fingerprint density at radius 3 is 1.59 bits per heavy atom. The molecule has 1 aliphatic heterocycles. The van der Waals surface area contributed by atoms with Gasteiger partial charge in [-0.3, -0.25) is 24.1 Å². The number of nitrogens with one attached hydrogen (secondary N) is 1. The van der Waals surface area contributed by atoms with Crippen molar-refractivity contribution in [3.63, 3.8) is 0 Å². The number of ketones is 1. The summed E-state index contributed by atoms with van der Waals surface area (Å²) in [5.74, 6) is -2.44. The number of carbonyl (C=O) groups is 4. The average Bonchev–Trinajstić information content (AvgIpc) is 3.09. The van der Waals surface area contributed by atoms with Gasteiger partial charge in [0, 0.05) is 23.1 Å². The van der Waals surface area contributed by atoms with Crippen LogP contribution in [0.3, 0.4) is 0 Å². The number of amides is 3. The van der Waals surface area contributed by atoms with Crippen molar-refractivity contribution >= 4 is 29.2 Å². The van der Waals surface area contributed by atoms with Gasteiger partial charge in [-0.1, -0.05) is 48.5 Å². The van der Waals surface area contributed by atoms with E-state index in [0.29, 0.717) is 11.3 Å². The van der Waals surface area contributed by atoms with E-state index in [9.17, 15) is 19.2 Å². The number of imide groups is 1. The average molecular weight is 450 g/mol. The predicted octanol–water partition coefficient (Wildman–Crippen LogP) is 3.72. The Balaban J connectivity index is 1.29. The fraction of sp³-hybridized carbons (Fsp3) is 0.214. The van der Waals surface area contributed by atoms with Crippen LogP contribution in [0.1, 0.15) is 51.4 Å². The van der Waals surface area contributed by atoms with Gasteiger partial charge >= 0.3 is 0 Å². The number of rotatable bonds is 4. The lowest BCUT2D eigenvalue weighted by molar-refractivity contribution is -0.142. The molecule has 2 bridgehead atoms. The molecule has 0 unspecified atom stereocenters. The van der Waals surface area contributed by atoms with Crippen molar-refractivity contribution in [3.05, 3.63) is 101 Å². The molecule has 1 fully saturated rings. The Kier molecular flexibility index (Phi) is 4.52. The van der Waals surface area contributed by atoms with E-state index in [1.165, 1.54) is 6.92 Å². The lowest BCUT2D eigenvalue weighted by atomic mass is 9.55. The first-order valence-electron chi connectivity index (χ1n) is 11.4. The van der Waals surface area contributed by atoms with Gasteiger partial charge in [-0.05, 0) is 53.4 Å². The maximum Gasteiger partial charge on any atom is 0.244 e. The van der Waals surface area contributed by atoms with Crippen molar-refractivity contribution in [1.82, 2.24) is 4.90 Å². The first kappa shape index (κ1) is 20.5. The standard InChI is InChI=1S/C28H22N2O4/c1-15(31)16-10-12-17(13-11-16)29-22(32)14-30-27(33)25-23-18-6-2-3-7-19(18)24(26(25)28(30)34)21-9-5-4-8-20(21)23/h2-13,23-26H,14H2,1H3,(H,29,32)/t23?,24?,25-,26-/m0/s1. The normalized spacial score (nSPS) is 23.9. The second-order valence-corrected chi connectivity index (χ2v) is 9.21. The Hall–Kier alpha value is -4.06. The Bertz CT molecular complexity index is 1260. The summed E-state index contributed by atoms with van der Waals surface area (Å²) in [6.07, 6.45) is 0. The molecule has 0 aromatic heterocycles. The van der Waals surface area contributed by atoms with Crippen LogP contribution in [-0.4, -0.2) is 34.9 Å². The van der Waals surface area contributed by atoms with Crippen LogP contribution in [0.4, 0.5) is 5.69 Å². The maximum absolute atomic E-state index is 13.6. The van der Waals surface area contributed by atoms with Gasteiger partial charge < -0.3 is 5.32 Å². The molecule has 6 heteroatoms. The SMILES string of the molecule is CC(=O)c1ccc(NC(=O)CN2C(=O)[C@H]3C4c5ccccc5C(c5ccccc54)[C@@H]3C2=O)cc1. The van der Waals surface area contributed by atoms with Crippen LogP contribution in [0.15, 0.2) is 72.8 Å². The zero-order chi connectivity index (χ0) is 23.6. The van der Waals surface area contributed by atoms with E-state index in [4.69, 9.17) is 0 Å². The van der Waals surface area contributed by atoms with Crippen LogP contribution in [0.2, 0.25) is 0 Å². The fourth-order valence-electron chi connectivity index (χ4n) is 6.03. The van der Waals surface area contributed by atoms with E-state index < -0.39 is 17.7 Å². The van der Waals surface area contributed by atoms with Crippen LogP contribution < -0.4 is 5.32 Å². The molecule has 34 heavy (non-hydrogen) atoms. The molecular weight excluding hydrogens is 428 g/mol. The molecule has 0 saturated carbocycles. The highest BCUT2D eigenvalue weighted by Crippen LogP contribution is 2.60. The highest BCUT2D eigenvalue weighted by atomic mass is 16.2. The highest BCUT2D eigenvalue weighted by molar-refractivity contribution is 6.10. The summed E-state index contributed by atoms with van der Waals surface area (Å²) in [5, 5.41) is 2.73. The molecule has 0 spiro atoms. The van der Waals surface area contributed by atoms with E-state index in [-0.39, 0.29) is 36.0 Å². The molecule has 3 amide bonds. The van der Waals surface area contributed by atoms with Crippen LogP contribution in [-0.2, 0) is 14.4 Å². The quantitative estimate of drug-likeness (QED) is 0.485. The van der Waals surface area contributed by atoms with E-state index in [0.717, 1.165) is 27.2 Å². The van der Waals surface area contributed by atoms with Gasteiger partial charge in [0.15, 0.2) is 5.78 Å². The van der Waals surface area contributed by atoms with Gasteiger partial charge in [-0.25, -0.2) is 0 Å². The molecule has 7 rings (SSSR count). The number of hydrogen-bond donors (Lipinski definition) is 1. The molecule has 1 heterocycles. The smallest absolute Gasteiger partial charge is 0.244 e. The summed E-state index contributed by atoms with van der Waals surface area (Å²) in [7, 11) is 0. The number of Topliss-reactive ketones (excluding diaryl/α,β-unsaturated/α-hetero) is 1. The maximum atomic E-state index is 13.6. The molecule has 4 aliphatic rings. The first-order valence-corrected chi connectivity index (χ1v) is 11.4. The van der Waals surface area contributed by atoms with Crippen LogP contribution in [0, 0.1) is 11.8 Å². The van der Waals surface area contributed by atoms with Crippen LogP contribution in [0.25, 0.3) is 0 Å². The topological polar surface area (TPSA) is 83.6 Å². The number of nitrogens with zero attached hydrogens (tertiary/aromatic N) is 1. The van der Waals surface area contributed by atoms with E-state index >= 15 is 0 Å². The van der Waals surface area contributed by atoms with Crippen molar-refractivity contribution in [2.75, 3.05) is 11.9 Å². The number of benzene rings is 3. The third-order valence-electron chi connectivity index (χ3n) is 7.42.